The standard InChI is InChI=1S/C52H45NO/c1-4-6-10-24-43-36-52(46-27-15-16-30-50(46)54-43)37(3)44(25-7-5-2)51-45(26-18-28-47(51)52)39-33-31-38(32-34-39)42-23-17-29-48(40-19-11-8-12-20-40)53-49(35-42)41-21-13-9-14-22-41/h5-16,18-28,30-35H,2,4,17,29,36H2,1,3H3/b10-6-,25-7-,42-23+,43-24+,49-35-,53-48-. The van der Waals surface area contributed by atoms with Crippen molar-refractivity contribution in [3.63, 3.8) is 0 Å². The van der Waals surface area contributed by atoms with Crippen LogP contribution in [0.25, 0.3) is 28.0 Å². The molecule has 5 aromatic carbocycles. The maximum atomic E-state index is 6.55. The largest absolute Gasteiger partial charge is 0.461 e. The molecule has 2 heterocycles. The van der Waals surface area contributed by atoms with E-state index in [1.807, 2.05) is 6.08 Å². The fourth-order valence-corrected chi connectivity index (χ4v) is 8.30. The molecule has 1 atom stereocenters. The van der Waals surface area contributed by atoms with Crippen molar-refractivity contribution >= 4 is 22.6 Å². The van der Waals surface area contributed by atoms with Crippen LogP contribution in [0.2, 0.25) is 0 Å². The van der Waals surface area contributed by atoms with Gasteiger partial charge in [-0.15, -0.1) is 0 Å². The number of allylic oxidation sites excluding steroid dienone is 12. The Morgan fingerprint density at radius 2 is 1.44 bits per heavy atom. The summed E-state index contributed by atoms with van der Waals surface area (Å²) < 4.78 is 6.55. The molecule has 264 valence electrons. The number of hydrogen-bond acceptors (Lipinski definition) is 2. The molecule has 0 aromatic heterocycles. The summed E-state index contributed by atoms with van der Waals surface area (Å²) in [6, 6.07) is 45.6. The molecule has 2 nitrogen and oxygen atoms in total. The first-order chi connectivity index (χ1) is 26.6. The van der Waals surface area contributed by atoms with Gasteiger partial charge in [-0.05, 0) is 94.5 Å². The highest BCUT2D eigenvalue weighted by atomic mass is 16.5. The summed E-state index contributed by atoms with van der Waals surface area (Å²) in [5, 5.41) is 0. The van der Waals surface area contributed by atoms with E-state index >= 15 is 0 Å². The van der Waals surface area contributed by atoms with Crippen LogP contribution in [-0.4, -0.2) is 5.71 Å². The highest BCUT2D eigenvalue weighted by Crippen LogP contribution is 2.59. The third-order valence-electron chi connectivity index (χ3n) is 10.9. The molecule has 54 heavy (non-hydrogen) atoms. The zero-order chi connectivity index (χ0) is 36.9. The lowest BCUT2D eigenvalue weighted by atomic mass is 9.67. The van der Waals surface area contributed by atoms with Crippen molar-refractivity contribution < 1.29 is 4.74 Å². The van der Waals surface area contributed by atoms with Gasteiger partial charge in [-0.1, -0.05) is 171 Å². The first-order valence-corrected chi connectivity index (χ1v) is 19.1. The molecule has 0 fully saturated rings. The van der Waals surface area contributed by atoms with Gasteiger partial charge < -0.3 is 4.74 Å². The van der Waals surface area contributed by atoms with Gasteiger partial charge in [-0.2, -0.15) is 0 Å². The molecular formula is C52H45NO. The molecule has 0 N–H and O–H groups in total. The fraction of sp³-hybridized carbons (Fsp3) is 0.135. The van der Waals surface area contributed by atoms with Gasteiger partial charge in [0.2, 0.25) is 0 Å². The third kappa shape index (κ3) is 6.50. The topological polar surface area (TPSA) is 21.6 Å². The molecule has 0 amide bonds. The van der Waals surface area contributed by atoms with E-state index in [2.05, 4.69) is 190 Å². The number of rotatable bonds is 8. The lowest BCUT2D eigenvalue weighted by Crippen LogP contribution is -2.33. The number of ether oxygens (including phenoxy) is 1. The van der Waals surface area contributed by atoms with E-state index in [1.54, 1.807) is 0 Å². The molecule has 5 aromatic rings. The van der Waals surface area contributed by atoms with Gasteiger partial charge in [0.15, 0.2) is 0 Å². The number of fused-ring (bicyclic) bond motifs is 4. The SMILES string of the molecule is C=C/C=C\C1=C(C)C2(C/C(=C\C=C/CC)Oc3ccccc32)c2cccc(-c3ccc(C4=C/CC/C(c5ccccc5)=N/C(c5ccccc5)=C\4)cc3)c21. The summed E-state index contributed by atoms with van der Waals surface area (Å²) >= 11 is 0. The average Bonchev–Trinajstić information content (AvgIpc) is 3.44. The maximum Gasteiger partial charge on any atom is 0.131 e. The Hall–Kier alpha value is -6.25. The molecule has 3 aliphatic rings. The second-order valence-electron chi connectivity index (χ2n) is 14.1. The van der Waals surface area contributed by atoms with E-state index in [0.717, 1.165) is 54.2 Å². The van der Waals surface area contributed by atoms with Crippen molar-refractivity contribution in [2.75, 3.05) is 0 Å². The monoisotopic (exact) mass is 699 g/mol. The van der Waals surface area contributed by atoms with Crippen LogP contribution < -0.4 is 4.74 Å². The molecule has 0 saturated carbocycles. The zero-order valence-electron chi connectivity index (χ0n) is 31.1. The first kappa shape index (κ1) is 34.8. The van der Waals surface area contributed by atoms with Crippen LogP contribution in [-0.2, 0) is 5.41 Å². The summed E-state index contributed by atoms with van der Waals surface area (Å²) in [5.41, 5.74) is 15.2. The molecule has 1 unspecified atom stereocenters. The second-order valence-corrected chi connectivity index (χ2v) is 14.1. The Kier molecular flexibility index (Phi) is 9.92. The second kappa shape index (κ2) is 15.4. The number of aliphatic imine (C=N–C) groups is 1. The predicted molar refractivity (Wildman–Crippen MR) is 228 cm³/mol. The van der Waals surface area contributed by atoms with Crippen LogP contribution in [0.5, 0.6) is 5.75 Å². The Bertz CT molecular complexity index is 2420. The highest BCUT2D eigenvalue weighted by Gasteiger charge is 2.49. The minimum absolute atomic E-state index is 0.353. The number of hydrogen-bond donors (Lipinski definition) is 0. The molecule has 0 bridgehead atoms. The number of nitrogens with zero attached hydrogens (tertiary/aromatic N) is 1. The van der Waals surface area contributed by atoms with E-state index in [4.69, 9.17) is 9.73 Å². The van der Waals surface area contributed by atoms with Crippen LogP contribution in [0.1, 0.15) is 72.9 Å². The summed E-state index contributed by atoms with van der Waals surface area (Å²) in [6.45, 7) is 8.49. The van der Waals surface area contributed by atoms with E-state index in [1.165, 1.54) is 55.7 Å². The highest BCUT2D eigenvalue weighted by molar-refractivity contribution is 6.05. The van der Waals surface area contributed by atoms with Crippen LogP contribution in [0.15, 0.2) is 199 Å². The smallest absolute Gasteiger partial charge is 0.131 e. The summed E-state index contributed by atoms with van der Waals surface area (Å²) in [6.07, 6.45) is 20.8. The molecule has 1 spiro atoms. The van der Waals surface area contributed by atoms with Crippen molar-refractivity contribution in [2.45, 2.75) is 44.9 Å². The summed E-state index contributed by atoms with van der Waals surface area (Å²) in [4.78, 5) is 5.28. The number of benzene rings is 5. The summed E-state index contributed by atoms with van der Waals surface area (Å²) in [7, 11) is 0. The molecule has 0 radical (unpaired) electrons. The van der Waals surface area contributed by atoms with Gasteiger partial charge >= 0.3 is 0 Å². The fourth-order valence-electron chi connectivity index (χ4n) is 8.30. The van der Waals surface area contributed by atoms with E-state index in [0.29, 0.717) is 0 Å². The van der Waals surface area contributed by atoms with Gasteiger partial charge in [0.05, 0.1) is 11.1 Å². The van der Waals surface area contributed by atoms with E-state index < -0.39 is 0 Å². The van der Waals surface area contributed by atoms with Crippen molar-refractivity contribution in [2.24, 2.45) is 4.99 Å². The quantitative estimate of drug-likeness (QED) is 0.148. The van der Waals surface area contributed by atoms with Crippen LogP contribution >= 0.6 is 0 Å². The van der Waals surface area contributed by atoms with Gasteiger partial charge in [0.25, 0.3) is 0 Å². The van der Waals surface area contributed by atoms with Crippen LogP contribution in [0.4, 0.5) is 0 Å². The first-order valence-electron chi connectivity index (χ1n) is 19.1. The minimum atomic E-state index is -0.353. The molecule has 2 aliphatic heterocycles. The molecule has 1 aliphatic carbocycles. The van der Waals surface area contributed by atoms with E-state index in [9.17, 15) is 0 Å². The van der Waals surface area contributed by atoms with Crippen molar-refractivity contribution in [1.82, 2.24) is 0 Å². The molecular weight excluding hydrogens is 655 g/mol. The Morgan fingerprint density at radius 3 is 2.20 bits per heavy atom. The summed E-state index contributed by atoms with van der Waals surface area (Å²) in [5.74, 6) is 1.90. The van der Waals surface area contributed by atoms with Gasteiger partial charge in [0.1, 0.15) is 11.5 Å². The zero-order valence-corrected chi connectivity index (χ0v) is 31.1. The lowest BCUT2D eigenvalue weighted by molar-refractivity contribution is 0.335. The normalized spacial score (nSPS) is 21.7. The van der Waals surface area contributed by atoms with Crippen LogP contribution in [0.3, 0.4) is 0 Å². The molecule has 8 rings (SSSR count). The van der Waals surface area contributed by atoms with Crippen molar-refractivity contribution in [1.29, 1.82) is 0 Å². The van der Waals surface area contributed by atoms with Crippen molar-refractivity contribution in [3.05, 3.63) is 227 Å². The average molecular weight is 700 g/mol. The van der Waals surface area contributed by atoms with Gasteiger partial charge in [-0.3, -0.25) is 4.99 Å². The van der Waals surface area contributed by atoms with Gasteiger partial charge in [0, 0.05) is 23.3 Å². The predicted octanol–water partition coefficient (Wildman–Crippen LogP) is 13.5. The van der Waals surface area contributed by atoms with Crippen LogP contribution in [0, 0.1) is 0 Å². The molecule has 2 heteroatoms. The third-order valence-corrected chi connectivity index (χ3v) is 10.9. The Labute approximate surface area is 320 Å². The van der Waals surface area contributed by atoms with Crippen molar-refractivity contribution in [3.8, 4) is 16.9 Å². The molecule has 0 saturated heterocycles. The van der Waals surface area contributed by atoms with Gasteiger partial charge in [-0.25, -0.2) is 0 Å². The Balaban J connectivity index is 1.22. The Morgan fingerprint density at radius 1 is 0.741 bits per heavy atom. The van der Waals surface area contributed by atoms with E-state index in [-0.39, 0.29) is 5.41 Å². The number of para-hydroxylation sites is 1. The minimum Gasteiger partial charge on any atom is -0.461 e. The maximum absolute atomic E-state index is 6.55. The lowest BCUT2D eigenvalue weighted by Gasteiger charge is -2.39.